The van der Waals surface area contributed by atoms with E-state index in [1.807, 2.05) is 24.3 Å². The summed E-state index contributed by atoms with van der Waals surface area (Å²) in [6.45, 7) is 0.221. The number of carboxylic acids is 1. The number of carbonyl (C=O) groups is 1. The summed E-state index contributed by atoms with van der Waals surface area (Å²) in [6.07, 6.45) is 3.34. The maximum atomic E-state index is 10.8. The van der Waals surface area contributed by atoms with E-state index in [1.165, 1.54) is 24.6 Å². The Labute approximate surface area is 142 Å². The Morgan fingerprint density at radius 2 is 2.17 bits per heavy atom. The molecule has 0 fully saturated rings. The lowest BCUT2D eigenvalue weighted by molar-refractivity contribution is 0.0696. The largest absolute Gasteiger partial charge is 0.478 e. The zero-order valence-corrected chi connectivity index (χ0v) is 13.2. The number of ether oxygens (including phenoxy) is 1. The molecule has 3 rings (SSSR count). The van der Waals surface area contributed by atoms with Crippen LogP contribution in [0.1, 0.15) is 27.2 Å². The zero-order chi connectivity index (χ0) is 16.9. The minimum absolute atomic E-state index is 0.106. The Hall–Kier alpha value is -2.86. The molecule has 0 aliphatic rings. The van der Waals surface area contributed by atoms with Gasteiger partial charge in [-0.25, -0.2) is 9.78 Å². The molecule has 0 unspecified atom stereocenters. The number of aromatic nitrogens is 2. The Morgan fingerprint density at radius 1 is 1.29 bits per heavy atom. The van der Waals surface area contributed by atoms with Gasteiger partial charge >= 0.3 is 5.97 Å². The van der Waals surface area contributed by atoms with E-state index in [0.717, 1.165) is 16.8 Å². The number of pyridine rings is 1. The number of halogens is 1. The molecule has 0 atom stereocenters. The Morgan fingerprint density at radius 3 is 2.88 bits per heavy atom. The topological polar surface area (TPSA) is 85.5 Å². The van der Waals surface area contributed by atoms with Gasteiger partial charge in [-0.3, -0.25) is 0 Å². The number of nitrogens with zero attached hydrogens (tertiary/aromatic N) is 2. The summed E-state index contributed by atoms with van der Waals surface area (Å²) in [7, 11) is 0. The van der Waals surface area contributed by atoms with Crippen molar-refractivity contribution < 1.29 is 19.2 Å². The molecule has 7 heteroatoms. The third kappa shape index (κ3) is 3.91. The highest BCUT2D eigenvalue weighted by atomic mass is 35.5. The highest BCUT2D eigenvalue weighted by Crippen LogP contribution is 2.18. The van der Waals surface area contributed by atoms with Gasteiger partial charge in [0.2, 0.25) is 5.88 Å². The number of rotatable bonds is 6. The van der Waals surface area contributed by atoms with Crippen LogP contribution >= 0.6 is 11.6 Å². The van der Waals surface area contributed by atoms with E-state index in [0.29, 0.717) is 17.3 Å². The third-order valence-electron chi connectivity index (χ3n) is 3.35. The van der Waals surface area contributed by atoms with Crippen molar-refractivity contribution in [3.8, 4) is 5.88 Å². The van der Waals surface area contributed by atoms with Gasteiger partial charge in [0.05, 0.1) is 16.8 Å². The monoisotopic (exact) mass is 344 g/mol. The van der Waals surface area contributed by atoms with E-state index >= 15 is 0 Å². The average Bonchev–Trinajstić information content (AvgIpc) is 3.00. The summed E-state index contributed by atoms with van der Waals surface area (Å²) in [5, 5.41) is 13.5. The summed E-state index contributed by atoms with van der Waals surface area (Å²) in [5.74, 6) is -0.702. The lowest BCUT2D eigenvalue weighted by atomic mass is 10.1. The molecule has 3 aromatic rings. The van der Waals surface area contributed by atoms with Crippen molar-refractivity contribution in [1.82, 2.24) is 10.1 Å². The van der Waals surface area contributed by atoms with Gasteiger partial charge in [-0.2, -0.15) is 0 Å². The van der Waals surface area contributed by atoms with Crippen molar-refractivity contribution in [2.45, 2.75) is 13.0 Å². The van der Waals surface area contributed by atoms with Crippen LogP contribution in [0.5, 0.6) is 5.88 Å². The second-order valence-electron chi connectivity index (χ2n) is 5.07. The van der Waals surface area contributed by atoms with Gasteiger partial charge in [0, 0.05) is 23.7 Å². The highest BCUT2D eigenvalue weighted by Gasteiger charge is 2.11. The van der Waals surface area contributed by atoms with Gasteiger partial charge < -0.3 is 14.4 Å². The molecule has 2 aromatic heterocycles. The van der Waals surface area contributed by atoms with Crippen molar-refractivity contribution in [3.05, 3.63) is 76.3 Å². The molecule has 1 aromatic carbocycles. The SMILES string of the molecule is O=C(O)c1ccc(OCc2conc2Cc2cccc(Cl)c2)nc1. The average molecular weight is 345 g/mol. The van der Waals surface area contributed by atoms with Crippen molar-refractivity contribution in [1.29, 1.82) is 0 Å². The van der Waals surface area contributed by atoms with Crippen molar-refractivity contribution in [3.63, 3.8) is 0 Å². The van der Waals surface area contributed by atoms with Crippen LogP contribution in [0.2, 0.25) is 5.02 Å². The highest BCUT2D eigenvalue weighted by molar-refractivity contribution is 6.30. The number of benzene rings is 1. The zero-order valence-electron chi connectivity index (χ0n) is 12.5. The van der Waals surface area contributed by atoms with Gasteiger partial charge in [-0.1, -0.05) is 28.9 Å². The summed E-state index contributed by atoms with van der Waals surface area (Å²) in [6, 6.07) is 10.5. The van der Waals surface area contributed by atoms with Crippen molar-refractivity contribution in [2.75, 3.05) is 0 Å². The van der Waals surface area contributed by atoms with Gasteiger partial charge in [-0.15, -0.1) is 0 Å². The molecule has 0 amide bonds. The number of carboxylic acid groups (broad SMARTS) is 1. The van der Waals surface area contributed by atoms with Crippen LogP contribution in [0, 0.1) is 0 Å². The molecule has 0 saturated carbocycles. The first-order valence-electron chi connectivity index (χ1n) is 7.10. The second-order valence-corrected chi connectivity index (χ2v) is 5.51. The molecular formula is C17H13ClN2O4. The Balaban J connectivity index is 1.66. The number of hydrogen-bond acceptors (Lipinski definition) is 5. The van der Waals surface area contributed by atoms with E-state index in [9.17, 15) is 4.79 Å². The first-order valence-corrected chi connectivity index (χ1v) is 7.48. The van der Waals surface area contributed by atoms with E-state index in [2.05, 4.69) is 10.1 Å². The smallest absolute Gasteiger partial charge is 0.337 e. The molecule has 2 heterocycles. The fraction of sp³-hybridized carbons (Fsp3) is 0.118. The molecule has 122 valence electrons. The van der Waals surface area contributed by atoms with Crippen LogP contribution in [-0.2, 0) is 13.0 Å². The molecule has 0 bridgehead atoms. The predicted molar refractivity (Wildman–Crippen MR) is 86.3 cm³/mol. The van der Waals surface area contributed by atoms with Crippen molar-refractivity contribution >= 4 is 17.6 Å². The number of hydrogen-bond donors (Lipinski definition) is 1. The van der Waals surface area contributed by atoms with Crippen LogP contribution in [0.25, 0.3) is 0 Å². The first-order chi connectivity index (χ1) is 11.6. The molecule has 6 nitrogen and oxygen atoms in total. The number of aromatic carboxylic acids is 1. The Bertz CT molecular complexity index is 846. The summed E-state index contributed by atoms with van der Waals surface area (Å²) < 4.78 is 10.6. The summed E-state index contributed by atoms with van der Waals surface area (Å²) in [4.78, 5) is 14.7. The van der Waals surface area contributed by atoms with Crippen molar-refractivity contribution in [2.24, 2.45) is 0 Å². The second kappa shape index (κ2) is 7.14. The molecule has 0 spiro atoms. The minimum atomic E-state index is -1.03. The van der Waals surface area contributed by atoms with Gasteiger partial charge in [0.25, 0.3) is 0 Å². The predicted octanol–water partition coefficient (Wildman–Crippen LogP) is 3.59. The maximum Gasteiger partial charge on any atom is 0.337 e. The minimum Gasteiger partial charge on any atom is -0.478 e. The molecule has 24 heavy (non-hydrogen) atoms. The lowest BCUT2D eigenvalue weighted by Gasteiger charge is -2.05. The fourth-order valence-corrected chi connectivity index (χ4v) is 2.34. The molecule has 0 radical (unpaired) electrons. The maximum absolute atomic E-state index is 10.8. The molecular weight excluding hydrogens is 332 g/mol. The molecule has 1 N–H and O–H groups in total. The molecule has 0 aliphatic carbocycles. The van der Waals surface area contributed by atoms with Gasteiger partial charge in [-0.05, 0) is 23.8 Å². The van der Waals surface area contributed by atoms with E-state index in [4.69, 9.17) is 26.0 Å². The first kappa shape index (κ1) is 16.0. The molecule has 0 saturated heterocycles. The van der Waals surface area contributed by atoms with Crippen LogP contribution in [0.4, 0.5) is 0 Å². The Kier molecular flexibility index (Phi) is 4.77. The molecule has 0 aliphatic heterocycles. The fourth-order valence-electron chi connectivity index (χ4n) is 2.13. The van der Waals surface area contributed by atoms with E-state index < -0.39 is 5.97 Å². The van der Waals surface area contributed by atoms with Crippen LogP contribution in [0.15, 0.2) is 53.4 Å². The summed E-state index contributed by atoms with van der Waals surface area (Å²) in [5.41, 5.74) is 2.66. The third-order valence-corrected chi connectivity index (χ3v) is 3.58. The van der Waals surface area contributed by atoms with Gasteiger partial charge in [0.15, 0.2) is 0 Å². The van der Waals surface area contributed by atoms with Crippen LogP contribution in [0.3, 0.4) is 0 Å². The van der Waals surface area contributed by atoms with Crippen LogP contribution in [-0.4, -0.2) is 21.2 Å². The summed E-state index contributed by atoms with van der Waals surface area (Å²) >= 11 is 5.98. The quantitative estimate of drug-likeness (QED) is 0.735. The normalized spacial score (nSPS) is 10.5. The van der Waals surface area contributed by atoms with Gasteiger partial charge in [0.1, 0.15) is 12.9 Å². The van der Waals surface area contributed by atoms with E-state index in [1.54, 1.807) is 0 Å². The van der Waals surface area contributed by atoms with E-state index in [-0.39, 0.29) is 12.2 Å². The standard InChI is InChI=1S/C17H13ClN2O4/c18-14-3-1-2-11(6-14)7-15-13(10-24-20-15)9-23-16-5-4-12(8-19-16)17(21)22/h1-6,8,10H,7,9H2,(H,21,22). The van der Waals surface area contributed by atoms with Crippen LogP contribution < -0.4 is 4.74 Å². The lowest BCUT2D eigenvalue weighted by Crippen LogP contribution is -2.02.